The number of urea groups is 1. The Kier molecular flexibility index (Phi) is 9.82. The molecule has 0 spiro atoms. The van der Waals surface area contributed by atoms with E-state index in [1.807, 2.05) is 31.2 Å². The van der Waals surface area contributed by atoms with Crippen molar-refractivity contribution in [1.82, 2.24) is 14.9 Å². The third-order valence-electron chi connectivity index (χ3n) is 6.37. The van der Waals surface area contributed by atoms with Gasteiger partial charge in [0.25, 0.3) is 0 Å². The molecule has 4 rings (SSSR count). The van der Waals surface area contributed by atoms with E-state index in [9.17, 15) is 14.7 Å². The molecule has 1 aliphatic rings. The van der Waals surface area contributed by atoms with Gasteiger partial charge in [0.15, 0.2) is 11.4 Å². The number of aliphatic hydroxyl groups is 1. The highest BCUT2D eigenvalue weighted by Gasteiger charge is 2.38. The molecule has 1 aromatic heterocycles. The number of anilines is 1. The predicted molar refractivity (Wildman–Crippen MR) is 145 cm³/mol. The lowest BCUT2D eigenvalue weighted by Gasteiger charge is -2.41. The molecule has 39 heavy (non-hydrogen) atoms. The number of aromatic nitrogens is 2. The summed E-state index contributed by atoms with van der Waals surface area (Å²) in [5.41, 5.74) is 3.03. The third-order valence-corrected chi connectivity index (χ3v) is 7.14. The number of nitrogens with zero attached hydrogens (tertiary/aromatic N) is 2. The summed E-state index contributed by atoms with van der Waals surface area (Å²) in [7, 11) is 0. The standard InChI is InChI=1S/C27H30Cl2N4O6/c1-3-37-22(35)12-30-27(36)32-20-10-8-19(9-11-20)26-38-21(13-33-15-31-24(28)25(33)29)16(2)23(39-26)18-6-4-17(14-34)5-7-18/h4-11,15-16,21,23,26,34H,3,12-14H2,1-2H3,(H2,30,32,36). The first kappa shape index (κ1) is 28.8. The minimum Gasteiger partial charge on any atom is -0.465 e. The highest BCUT2D eigenvalue weighted by atomic mass is 35.5. The molecule has 12 heteroatoms. The van der Waals surface area contributed by atoms with Crippen molar-refractivity contribution in [3.05, 3.63) is 81.9 Å². The first-order chi connectivity index (χ1) is 18.8. The van der Waals surface area contributed by atoms with Gasteiger partial charge in [0, 0.05) is 17.2 Å². The van der Waals surface area contributed by atoms with E-state index in [2.05, 4.69) is 15.6 Å². The summed E-state index contributed by atoms with van der Waals surface area (Å²) in [6.45, 7) is 4.11. The fourth-order valence-corrected chi connectivity index (χ4v) is 4.57. The van der Waals surface area contributed by atoms with Crippen molar-refractivity contribution in [1.29, 1.82) is 0 Å². The summed E-state index contributed by atoms with van der Waals surface area (Å²) in [4.78, 5) is 27.6. The first-order valence-corrected chi connectivity index (χ1v) is 13.2. The molecule has 4 atom stereocenters. The number of aliphatic hydroxyl groups excluding tert-OH is 1. The molecule has 3 aromatic rings. The van der Waals surface area contributed by atoms with Gasteiger partial charge in [0.1, 0.15) is 11.7 Å². The van der Waals surface area contributed by atoms with Crippen molar-refractivity contribution in [2.45, 2.75) is 45.5 Å². The fraction of sp³-hybridized carbons (Fsp3) is 0.370. The monoisotopic (exact) mass is 576 g/mol. The van der Waals surface area contributed by atoms with Gasteiger partial charge in [-0.2, -0.15) is 0 Å². The molecule has 2 aromatic carbocycles. The molecule has 0 radical (unpaired) electrons. The molecule has 10 nitrogen and oxygen atoms in total. The summed E-state index contributed by atoms with van der Waals surface area (Å²) in [6, 6.07) is 14.1. The largest absolute Gasteiger partial charge is 0.465 e. The van der Waals surface area contributed by atoms with Crippen molar-refractivity contribution in [2.24, 2.45) is 5.92 Å². The van der Waals surface area contributed by atoms with E-state index in [1.54, 1.807) is 42.1 Å². The summed E-state index contributed by atoms with van der Waals surface area (Å²) >= 11 is 12.4. The minimum atomic E-state index is -0.710. The number of hydrogen-bond donors (Lipinski definition) is 3. The Morgan fingerprint density at radius 3 is 2.38 bits per heavy atom. The molecule has 4 unspecified atom stereocenters. The molecule has 0 bridgehead atoms. The maximum atomic E-state index is 12.1. The SMILES string of the molecule is CCOC(=O)CNC(=O)Nc1ccc(C2OC(Cn3cnc(Cl)c3Cl)C(C)C(c3ccc(CO)cc3)O2)cc1. The molecule has 1 saturated heterocycles. The second-order valence-electron chi connectivity index (χ2n) is 9.04. The van der Waals surface area contributed by atoms with Crippen LogP contribution < -0.4 is 10.6 Å². The van der Waals surface area contributed by atoms with Gasteiger partial charge in [-0.1, -0.05) is 66.5 Å². The van der Waals surface area contributed by atoms with E-state index < -0.39 is 18.3 Å². The number of benzene rings is 2. The fourth-order valence-electron chi connectivity index (χ4n) is 4.26. The van der Waals surface area contributed by atoms with Gasteiger partial charge in [-0.25, -0.2) is 9.78 Å². The molecule has 3 N–H and O–H groups in total. The van der Waals surface area contributed by atoms with Crippen molar-refractivity contribution in [3.63, 3.8) is 0 Å². The van der Waals surface area contributed by atoms with Crippen LogP contribution in [0.3, 0.4) is 0 Å². The highest BCUT2D eigenvalue weighted by Crippen LogP contribution is 2.42. The van der Waals surface area contributed by atoms with Crippen LogP contribution in [0, 0.1) is 5.92 Å². The topological polar surface area (TPSA) is 124 Å². The number of esters is 1. The Bertz CT molecular complexity index is 1270. The third kappa shape index (κ3) is 7.28. The van der Waals surface area contributed by atoms with Crippen LogP contribution in [0.1, 0.15) is 42.9 Å². The number of carbonyl (C=O) groups is 2. The van der Waals surface area contributed by atoms with Crippen molar-refractivity contribution in [3.8, 4) is 0 Å². The summed E-state index contributed by atoms with van der Waals surface area (Å²) in [5, 5.41) is 15.1. The van der Waals surface area contributed by atoms with Gasteiger partial charge in [-0.05, 0) is 30.2 Å². The Balaban J connectivity index is 1.50. The Labute approximate surface area is 236 Å². The van der Waals surface area contributed by atoms with Crippen molar-refractivity contribution < 1.29 is 28.9 Å². The van der Waals surface area contributed by atoms with Crippen LogP contribution in [0.25, 0.3) is 0 Å². The van der Waals surface area contributed by atoms with Crippen LogP contribution in [-0.2, 0) is 32.2 Å². The molecule has 0 aliphatic carbocycles. The van der Waals surface area contributed by atoms with E-state index in [-0.39, 0.29) is 43.0 Å². The number of halogens is 2. The van der Waals surface area contributed by atoms with Crippen LogP contribution in [0.15, 0.2) is 54.9 Å². The molecule has 2 heterocycles. The van der Waals surface area contributed by atoms with E-state index in [0.29, 0.717) is 17.4 Å². The Morgan fingerprint density at radius 1 is 1.08 bits per heavy atom. The van der Waals surface area contributed by atoms with Crippen LogP contribution >= 0.6 is 23.2 Å². The quantitative estimate of drug-likeness (QED) is 0.311. The summed E-state index contributed by atoms with van der Waals surface area (Å²) in [5.74, 6) is -0.583. The first-order valence-electron chi connectivity index (χ1n) is 12.5. The summed E-state index contributed by atoms with van der Waals surface area (Å²) in [6.07, 6.45) is 0.244. The molecule has 208 valence electrons. The Morgan fingerprint density at radius 2 is 1.77 bits per heavy atom. The molecule has 1 fully saturated rings. The molecular weight excluding hydrogens is 547 g/mol. The maximum Gasteiger partial charge on any atom is 0.325 e. The van der Waals surface area contributed by atoms with Gasteiger partial charge in [-0.15, -0.1) is 0 Å². The maximum absolute atomic E-state index is 12.1. The number of rotatable bonds is 9. The smallest absolute Gasteiger partial charge is 0.325 e. The lowest BCUT2D eigenvalue weighted by atomic mass is 9.90. The second kappa shape index (κ2) is 13.3. The average Bonchev–Trinajstić information content (AvgIpc) is 3.26. The van der Waals surface area contributed by atoms with Gasteiger partial charge in [0.05, 0.1) is 38.3 Å². The number of amides is 2. The zero-order valence-electron chi connectivity index (χ0n) is 21.5. The van der Waals surface area contributed by atoms with E-state index in [0.717, 1.165) is 16.7 Å². The van der Waals surface area contributed by atoms with Gasteiger partial charge in [0.2, 0.25) is 0 Å². The van der Waals surface area contributed by atoms with Crippen LogP contribution in [-0.4, -0.2) is 45.9 Å². The molecular formula is C27H30Cl2N4O6. The molecule has 2 amide bonds. The number of nitrogens with one attached hydrogen (secondary N) is 2. The predicted octanol–water partition coefficient (Wildman–Crippen LogP) is 4.86. The van der Waals surface area contributed by atoms with Gasteiger partial charge in [-0.3, -0.25) is 4.79 Å². The van der Waals surface area contributed by atoms with Crippen molar-refractivity contribution in [2.75, 3.05) is 18.5 Å². The molecule has 1 aliphatic heterocycles. The average molecular weight is 577 g/mol. The number of carbonyl (C=O) groups excluding carboxylic acids is 2. The van der Waals surface area contributed by atoms with Gasteiger partial charge >= 0.3 is 12.0 Å². The van der Waals surface area contributed by atoms with Crippen molar-refractivity contribution >= 4 is 40.9 Å². The van der Waals surface area contributed by atoms with Gasteiger partial charge < -0.3 is 34.5 Å². The Hall–Kier alpha value is -3.15. The number of imidazole rings is 1. The van der Waals surface area contributed by atoms with E-state index in [4.69, 9.17) is 37.4 Å². The lowest BCUT2D eigenvalue weighted by molar-refractivity contribution is -0.276. The number of hydrogen-bond acceptors (Lipinski definition) is 7. The van der Waals surface area contributed by atoms with E-state index >= 15 is 0 Å². The zero-order chi connectivity index (χ0) is 27.9. The zero-order valence-corrected chi connectivity index (χ0v) is 23.0. The van der Waals surface area contributed by atoms with E-state index in [1.165, 1.54) is 0 Å². The molecule has 0 saturated carbocycles. The minimum absolute atomic E-state index is 0.0448. The normalized spacial score (nSPS) is 20.8. The van der Waals surface area contributed by atoms with Crippen LogP contribution in [0.2, 0.25) is 10.3 Å². The number of ether oxygens (including phenoxy) is 3. The van der Waals surface area contributed by atoms with Crippen LogP contribution in [0.4, 0.5) is 10.5 Å². The van der Waals surface area contributed by atoms with Crippen LogP contribution in [0.5, 0.6) is 0 Å². The summed E-state index contributed by atoms with van der Waals surface area (Å²) < 4.78 is 19.4. The lowest BCUT2D eigenvalue weighted by Crippen LogP contribution is -2.39. The highest BCUT2D eigenvalue weighted by molar-refractivity contribution is 6.40. The second-order valence-corrected chi connectivity index (χ2v) is 9.75.